The van der Waals surface area contributed by atoms with Gasteiger partial charge in [-0.05, 0) is 11.6 Å². The molecule has 5 nitrogen and oxygen atoms in total. The third-order valence-electron chi connectivity index (χ3n) is 2.64. The number of aryl methyl sites for hydroxylation is 1. The van der Waals surface area contributed by atoms with E-state index in [-0.39, 0.29) is 6.42 Å². The van der Waals surface area contributed by atoms with Crippen LogP contribution in [0.25, 0.3) is 10.9 Å². The van der Waals surface area contributed by atoms with Crippen LogP contribution in [0.5, 0.6) is 0 Å². The molecular formula is C11H12ClN3O2. The number of aromatic nitrogens is 2. The summed E-state index contributed by atoms with van der Waals surface area (Å²) in [7, 11) is 1.76. The fraction of sp³-hybridized carbons (Fsp3) is 0.273. The maximum atomic E-state index is 10.7. The summed E-state index contributed by atoms with van der Waals surface area (Å²) in [4.78, 5) is 10.7. The quantitative estimate of drug-likeness (QED) is 0.872. The van der Waals surface area contributed by atoms with Crippen LogP contribution in [0, 0.1) is 0 Å². The van der Waals surface area contributed by atoms with Gasteiger partial charge in [0.1, 0.15) is 0 Å². The molecule has 0 fully saturated rings. The molecule has 2 aromatic rings. The first-order valence-electron chi connectivity index (χ1n) is 5.09. The second-order valence-corrected chi connectivity index (χ2v) is 4.22. The number of nitrogens with zero attached hydrogens (tertiary/aromatic N) is 2. The highest BCUT2D eigenvalue weighted by atomic mass is 35.5. The number of fused-ring (bicyclic) bond motifs is 1. The summed E-state index contributed by atoms with van der Waals surface area (Å²) >= 11 is 5.97. The van der Waals surface area contributed by atoms with Crippen molar-refractivity contribution in [2.24, 2.45) is 12.8 Å². The molecule has 1 unspecified atom stereocenters. The summed E-state index contributed by atoms with van der Waals surface area (Å²) in [5.74, 6) is -0.928. The van der Waals surface area contributed by atoms with Gasteiger partial charge in [-0.1, -0.05) is 23.7 Å². The Bertz CT molecular complexity index is 579. The van der Waals surface area contributed by atoms with E-state index in [0.29, 0.717) is 5.15 Å². The van der Waals surface area contributed by atoms with Gasteiger partial charge in [-0.3, -0.25) is 9.48 Å². The lowest BCUT2D eigenvalue weighted by Gasteiger charge is -2.11. The minimum Gasteiger partial charge on any atom is -0.481 e. The van der Waals surface area contributed by atoms with E-state index >= 15 is 0 Å². The van der Waals surface area contributed by atoms with E-state index in [1.54, 1.807) is 23.9 Å². The predicted octanol–water partition coefficient (Wildman–Crippen LogP) is 1.70. The maximum Gasteiger partial charge on any atom is 0.305 e. The van der Waals surface area contributed by atoms with Gasteiger partial charge in [-0.15, -0.1) is 0 Å². The predicted molar refractivity (Wildman–Crippen MR) is 64.9 cm³/mol. The van der Waals surface area contributed by atoms with Gasteiger partial charge in [0.25, 0.3) is 0 Å². The highest BCUT2D eigenvalue weighted by molar-refractivity contribution is 6.34. The van der Waals surface area contributed by atoms with Crippen LogP contribution in [0.2, 0.25) is 5.15 Å². The van der Waals surface area contributed by atoms with Crippen LogP contribution in [0.3, 0.4) is 0 Å². The lowest BCUT2D eigenvalue weighted by Crippen LogP contribution is -2.16. The normalized spacial score (nSPS) is 12.9. The average Bonchev–Trinajstić information content (AvgIpc) is 2.54. The number of benzene rings is 1. The molecule has 1 atom stereocenters. The molecule has 0 aliphatic heterocycles. The molecule has 0 amide bonds. The Hall–Kier alpha value is -1.59. The third kappa shape index (κ3) is 2.11. The second-order valence-electron chi connectivity index (χ2n) is 3.86. The van der Waals surface area contributed by atoms with E-state index < -0.39 is 12.0 Å². The number of halogens is 1. The number of hydrogen-bond acceptors (Lipinski definition) is 3. The topological polar surface area (TPSA) is 81.1 Å². The Kier molecular flexibility index (Phi) is 3.04. The number of nitrogens with two attached hydrogens (primary N) is 1. The zero-order valence-electron chi connectivity index (χ0n) is 9.22. The summed E-state index contributed by atoms with van der Waals surface area (Å²) in [5.41, 5.74) is 7.40. The molecule has 0 spiro atoms. The number of aliphatic carboxylic acids is 1. The average molecular weight is 254 g/mol. The van der Waals surface area contributed by atoms with Gasteiger partial charge in [-0.25, -0.2) is 0 Å². The third-order valence-corrected chi connectivity index (χ3v) is 2.92. The number of carboxylic acids is 1. The smallest absolute Gasteiger partial charge is 0.305 e. The van der Waals surface area contributed by atoms with Gasteiger partial charge >= 0.3 is 5.97 Å². The lowest BCUT2D eigenvalue weighted by atomic mass is 10.0. The van der Waals surface area contributed by atoms with Crippen molar-refractivity contribution < 1.29 is 9.90 Å². The SMILES string of the molecule is Cn1nc(Cl)c2cccc(C(N)CC(=O)O)c21. The molecule has 17 heavy (non-hydrogen) atoms. The minimum absolute atomic E-state index is 0.123. The Morgan fingerprint density at radius 2 is 2.35 bits per heavy atom. The van der Waals surface area contributed by atoms with Gasteiger partial charge in [0.15, 0.2) is 5.15 Å². The summed E-state index contributed by atoms with van der Waals surface area (Å²) in [5, 5.41) is 14.0. The van der Waals surface area contributed by atoms with Crippen molar-refractivity contribution in [2.45, 2.75) is 12.5 Å². The molecule has 0 radical (unpaired) electrons. The molecule has 0 aliphatic carbocycles. The van der Waals surface area contributed by atoms with Crippen molar-refractivity contribution in [1.82, 2.24) is 9.78 Å². The largest absolute Gasteiger partial charge is 0.481 e. The van der Waals surface area contributed by atoms with Gasteiger partial charge in [0.2, 0.25) is 0 Å². The van der Waals surface area contributed by atoms with Crippen molar-refractivity contribution in [3.63, 3.8) is 0 Å². The van der Waals surface area contributed by atoms with Gasteiger partial charge in [-0.2, -0.15) is 5.10 Å². The van der Waals surface area contributed by atoms with Crippen molar-refractivity contribution >= 4 is 28.5 Å². The van der Waals surface area contributed by atoms with Crippen LogP contribution in [0.1, 0.15) is 18.0 Å². The molecule has 6 heteroatoms. The number of carbonyl (C=O) groups is 1. The molecule has 0 saturated heterocycles. The van der Waals surface area contributed by atoms with Crippen LogP contribution < -0.4 is 5.73 Å². The van der Waals surface area contributed by atoms with E-state index in [2.05, 4.69) is 5.10 Å². The van der Waals surface area contributed by atoms with E-state index in [9.17, 15) is 4.79 Å². The molecule has 1 aromatic heterocycles. The Balaban J connectivity index is 2.57. The summed E-state index contributed by atoms with van der Waals surface area (Å²) in [6.07, 6.45) is -0.123. The number of rotatable bonds is 3. The maximum absolute atomic E-state index is 10.7. The highest BCUT2D eigenvalue weighted by Gasteiger charge is 2.17. The number of carboxylic acid groups (broad SMARTS) is 1. The Labute approximate surface area is 103 Å². The molecule has 1 heterocycles. The molecular weight excluding hydrogens is 242 g/mol. The van der Waals surface area contributed by atoms with Crippen LogP contribution in [-0.2, 0) is 11.8 Å². The Morgan fingerprint density at radius 3 is 3.00 bits per heavy atom. The minimum atomic E-state index is -0.928. The monoisotopic (exact) mass is 253 g/mol. The molecule has 0 bridgehead atoms. The Morgan fingerprint density at radius 1 is 1.65 bits per heavy atom. The van der Waals surface area contributed by atoms with Crippen molar-refractivity contribution in [3.05, 3.63) is 28.9 Å². The summed E-state index contributed by atoms with van der Waals surface area (Å²) < 4.78 is 1.62. The molecule has 1 aromatic carbocycles. The summed E-state index contributed by atoms with van der Waals surface area (Å²) in [6.45, 7) is 0. The van der Waals surface area contributed by atoms with E-state index in [1.807, 2.05) is 6.07 Å². The van der Waals surface area contributed by atoms with Crippen LogP contribution in [0.4, 0.5) is 0 Å². The van der Waals surface area contributed by atoms with Crippen LogP contribution in [0.15, 0.2) is 18.2 Å². The van der Waals surface area contributed by atoms with Crippen LogP contribution >= 0.6 is 11.6 Å². The molecule has 90 valence electrons. The second kappa shape index (κ2) is 4.35. The first kappa shape index (κ1) is 11.9. The fourth-order valence-electron chi connectivity index (χ4n) is 1.92. The van der Waals surface area contributed by atoms with Gasteiger partial charge < -0.3 is 10.8 Å². The van der Waals surface area contributed by atoms with E-state index in [1.165, 1.54) is 0 Å². The first-order chi connectivity index (χ1) is 8.00. The van der Waals surface area contributed by atoms with E-state index in [4.69, 9.17) is 22.4 Å². The van der Waals surface area contributed by atoms with E-state index in [0.717, 1.165) is 16.5 Å². The molecule has 2 rings (SSSR count). The number of para-hydroxylation sites is 1. The van der Waals surface area contributed by atoms with Gasteiger partial charge in [0.05, 0.1) is 11.9 Å². The summed E-state index contributed by atoms with van der Waals surface area (Å²) in [6, 6.07) is 4.87. The number of hydrogen-bond donors (Lipinski definition) is 2. The molecule has 0 saturated carbocycles. The molecule has 0 aliphatic rings. The standard InChI is InChI=1S/C11H12ClN3O2/c1-15-10-6(8(13)5-9(16)17)3-2-4-7(10)11(12)14-15/h2-4,8H,5,13H2,1H3,(H,16,17). The highest BCUT2D eigenvalue weighted by Crippen LogP contribution is 2.28. The van der Waals surface area contributed by atoms with Crippen LogP contribution in [-0.4, -0.2) is 20.9 Å². The van der Waals surface area contributed by atoms with Gasteiger partial charge in [0, 0.05) is 18.5 Å². The van der Waals surface area contributed by atoms with Crippen molar-refractivity contribution in [3.8, 4) is 0 Å². The van der Waals surface area contributed by atoms with Crippen molar-refractivity contribution in [2.75, 3.05) is 0 Å². The zero-order chi connectivity index (χ0) is 12.6. The first-order valence-corrected chi connectivity index (χ1v) is 5.47. The molecule has 3 N–H and O–H groups in total. The van der Waals surface area contributed by atoms with Crippen molar-refractivity contribution in [1.29, 1.82) is 0 Å². The fourth-order valence-corrected chi connectivity index (χ4v) is 2.19. The zero-order valence-corrected chi connectivity index (χ0v) is 9.98. The lowest BCUT2D eigenvalue weighted by molar-refractivity contribution is -0.137.